The van der Waals surface area contributed by atoms with Crippen molar-refractivity contribution in [3.63, 3.8) is 0 Å². The number of nitrogens with one attached hydrogen (secondary N) is 1. The van der Waals surface area contributed by atoms with Gasteiger partial charge in [0.15, 0.2) is 0 Å². The van der Waals surface area contributed by atoms with E-state index >= 15 is 0 Å². The summed E-state index contributed by atoms with van der Waals surface area (Å²) in [5, 5.41) is 2.82. The van der Waals surface area contributed by atoms with Gasteiger partial charge in [0.2, 0.25) is 11.8 Å². The fraction of sp³-hybridized carbons (Fsp3) is 0.350. The van der Waals surface area contributed by atoms with Gasteiger partial charge in [-0.2, -0.15) is 0 Å². The van der Waals surface area contributed by atoms with Gasteiger partial charge in [-0.15, -0.1) is 0 Å². The monoisotopic (exact) mass is 355 g/mol. The summed E-state index contributed by atoms with van der Waals surface area (Å²) in [6, 6.07) is 12.9. The quantitative estimate of drug-likeness (QED) is 0.790. The van der Waals surface area contributed by atoms with Crippen molar-refractivity contribution in [3.05, 3.63) is 54.4 Å². The van der Waals surface area contributed by atoms with E-state index in [0.29, 0.717) is 13.1 Å². The Hall–Kier alpha value is -2.89. The van der Waals surface area contributed by atoms with Crippen LogP contribution in [0.2, 0.25) is 0 Å². The summed E-state index contributed by atoms with van der Waals surface area (Å²) in [5.74, 6) is 0.516. The van der Waals surface area contributed by atoms with E-state index in [1.807, 2.05) is 56.3 Å². The minimum atomic E-state index is -0.123. The summed E-state index contributed by atoms with van der Waals surface area (Å²) < 4.78 is 5.61. The van der Waals surface area contributed by atoms with Crippen LogP contribution in [0.4, 0.5) is 5.69 Å². The number of carbonyl (C=O) groups excluding carboxylic acids is 2. The van der Waals surface area contributed by atoms with Crippen LogP contribution in [0.25, 0.3) is 0 Å². The Morgan fingerprint density at radius 2 is 1.88 bits per heavy atom. The molecule has 0 spiro atoms. The van der Waals surface area contributed by atoms with Crippen LogP contribution in [0, 0.1) is 0 Å². The molecule has 1 aromatic carbocycles. The number of pyridine rings is 1. The molecule has 0 bridgehead atoms. The van der Waals surface area contributed by atoms with Crippen molar-refractivity contribution in [1.29, 1.82) is 0 Å². The van der Waals surface area contributed by atoms with Crippen LogP contribution in [0.5, 0.6) is 5.75 Å². The summed E-state index contributed by atoms with van der Waals surface area (Å²) >= 11 is 0. The molecular weight excluding hydrogens is 330 g/mol. The molecule has 0 radical (unpaired) electrons. The van der Waals surface area contributed by atoms with Crippen LogP contribution in [0.15, 0.2) is 48.7 Å². The predicted molar refractivity (Wildman–Crippen MR) is 101 cm³/mol. The maximum absolute atomic E-state index is 12.1. The van der Waals surface area contributed by atoms with Gasteiger partial charge in [0.05, 0.1) is 18.3 Å². The van der Waals surface area contributed by atoms with E-state index in [1.165, 1.54) is 6.92 Å². The fourth-order valence-electron chi connectivity index (χ4n) is 2.44. The van der Waals surface area contributed by atoms with Crippen LogP contribution >= 0.6 is 0 Å². The molecule has 0 saturated heterocycles. The standard InChI is InChI=1S/C20H25N3O3/c1-15(2)26-19-9-7-18(8-10-19)23(16(3)24)13-11-20(25)22-14-17-6-4-5-12-21-17/h4-10,12,15H,11,13-14H2,1-3H3,(H,22,25). The lowest BCUT2D eigenvalue weighted by Crippen LogP contribution is -2.33. The van der Waals surface area contributed by atoms with Gasteiger partial charge < -0.3 is 15.0 Å². The third kappa shape index (κ3) is 6.20. The molecule has 0 aliphatic heterocycles. The minimum Gasteiger partial charge on any atom is -0.491 e. The first-order valence-electron chi connectivity index (χ1n) is 8.67. The lowest BCUT2D eigenvalue weighted by molar-refractivity contribution is -0.121. The minimum absolute atomic E-state index is 0.0903. The van der Waals surface area contributed by atoms with Gasteiger partial charge in [0.25, 0.3) is 0 Å². The highest BCUT2D eigenvalue weighted by Gasteiger charge is 2.14. The molecule has 1 N–H and O–H groups in total. The van der Waals surface area contributed by atoms with Crippen molar-refractivity contribution < 1.29 is 14.3 Å². The van der Waals surface area contributed by atoms with Gasteiger partial charge in [0, 0.05) is 31.8 Å². The smallest absolute Gasteiger partial charge is 0.223 e. The maximum atomic E-state index is 12.1. The van der Waals surface area contributed by atoms with Crippen molar-refractivity contribution >= 4 is 17.5 Å². The number of ether oxygens (including phenoxy) is 1. The van der Waals surface area contributed by atoms with Crippen molar-refractivity contribution in [2.24, 2.45) is 0 Å². The van der Waals surface area contributed by atoms with Gasteiger partial charge in [0.1, 0.15) is 5.75 Å². The highest BCUT2D eigenvalue weighted by molar-refractivity contribution is 5.92. The maximum Gasteiger partial charge on any atom is 0.223 e. The molecule has 6 heteroatoms. The highest BCUT2D eigenvalue weighted by atomic mass is 16.5. The van der Waals surface area contributed by atoms with Crippen LogP contribution in [-0.4, -0.2) is 29.4 Å². The third-order valence-corrected chi connectivity index (χ3v) is 3.66. The van der Waals surface area contributed by atoms with Crippen LogP contribution in [0.1, 0.15) is 32.9 Å². The molecule has 26 heavy (non-hydrogen) atoms. The SMILES string of the molecule is CC(=O)N(CCC(=O)NCc1ccccn1)c1ccc(OC(C)C)cc1. The summed E-state index contributed by atoms with van der Waals surface area (Å²) in [6.45, 7) is 6.10. The number of benzene rings is 1. The van der Waals surface area contributed by atoms with Gasteiger partial charge in [-0.1, -0.05) is 6.07 Å². The first-order valence-corrected chi connectivity index (χ1v) is 8.67. The van der Waals surface area contributed by atoms with Gasteiger partial charge in [-0.05, 0) is 50.2 Å². The molecule has 2 amide bonds. The van der Waals surface area contributed by atoms with E-state index in [-0.39, 0.29) is 24.3 Å². The topological polar surface area (TPSA) is 71.5 Å². The van der Waals surface area contributed by atoms with Gasteiger partial charge in [-0.3, -0.25) is 14.6 Å². The van der Waals surface area contributed by atoms with E-state index in [0.717, 1.165) is 17.1 Å². The molecule has 1 heterocycles. The molecule has 0 atom stereocenters. The van der Waals surface area contributed by atoms with E-state index in [9.17, 15) is 9.59 Å². The molecular formula is C20H25N3O3. The zero-order chi connectivity index (χ0) is 18.9. The Labute approximate surface area is 154 Å². The number of rotatable bonds is 8. The molecule has 0 saturated carbocycles. The Kier molecular flexibility index (Phi) is 7.14. The number of hydrogen-bond acceptors (Lipinski definition) is 4. The number of carbonyl (C=O) groups is 2. The molecule has 0 aliphatic carbocycles. The van der Waals surface area contributed by atoms with E-state index < -0.39 is 0 Å². The van der Waals surface area contributed by atoms with Crippen LogP contribution < -0.4 is 15.0 Å². The van der Waals surface area contributed by atoms with Crippen molar-refractivity contribution in [2.75, 3.05) is 11.4 Å². The second kappa shape index (κ2) is 9.56. The van der Waals surface area contributed by atoms with Crippen molar-refractivity contribution in [3.8, 4) is 5.75 Å². The normalized spacial score (nSPS) is 10.5. The Balaban J connectivity index is 1.89. The lowest BCUT2D eigenvalue weighted by Gasteiger charge is -2.21. The molecule has 6 nitrogen and oxygen atoms in total. The van der Waals surface area contributed by atoms with Crippen molar-refractivity contribution in [1.82, 2.24) is 10.3 Å². The molecule has 2 aromatic rings. The summed E-state index contributed by atoms with van der Waals surface area (Å²) in [4.78, 5) is 29.7. The summed E-state index contributed by atoms with van der Waals surface area (Å²) in [6.07, 6.45) is 2.00. The number of nitrogens with zero attached hydrogens (tertiary/aromatic N) is 2. The van der Waals surface area contributed by atoms with Crippen molar-refractivity contribution in [2.45, 2.75) is 39.8 Å². The van der Waals surface area contributed by atoms with E-state index in [2.05, 4.69) is 10.3 Å². The average molecular weight is 355 g/mol. The molecule has 0 unspecified atom stereocenters. The van der Waals surface area contributed by atoms with Crippen LogP contribution in [0.3, 0.4) is 0 Å². The Morgan fingerprint density at radius 3 is 2.46 bits per heavy atom. The zero-order valence-corrected chi connectivity index (χ0v) is 15.4. The number of amides is 2. The van der Waals surface area contributed by atoms with E-state index in [4.69, 9.17) is 4.74 Å². The summed E-state index contributed by atoms with van der Waals surface area (Å²) in [7, 11) is 0. The second-order valence-corrected chi connectivity index (χ2v) is 6.18. The third-order valence-electron chi connectivity index (χ3n) is 3.66. The highest BCUT2D eigenvalue weighted by Crippen LogP contribution is 2.20. The fourth-order valence-corrected chi connectivity index (χ4v) is 2.44. The van der Waals surface area contributed by atoms with Crippen LogP contribution in [-0.2, 0) is 16.1 Å². The first kappa shape index (κ1) is 19.4. The number of aromatic nitrogens is 1. The zero-order valence-electron chi connectivity index (χ0n) is 15.4. The molecule has 2 rings (SSSR count). The second-order valence-electron chi connectivity index (χ2n) is 6.18. The molecule has 1 aromatic heterocycles. The molecule has 0 fully saturated rings. The number of anilines is 1. The van der Waals surface area contributed by atoms with Gasteiger partial charge >= 0.3 is 0 Å². The predicted octanol–water partition coefficient (Wildman–Crippen LogP) is 2.93. The first-order chi connectivity index (χ1) is 12.5. The lowest BCUT2D eigenvalue weighted by atomic mass is 10.2. The molecule has 0 aliphatic rings. The average Bonchev–Trinajstić information content (AvgIpc) is 2.61. The number of hydrogen-bond donors (Lipinski definition) is 1. The largest absolute Gasteiger partial charge is 0.491 e. The Bertz CT molecular complexity index is 715. The summed E-state index contributed by atoms with van der Waals surface area (Å²) in [5.41, 5.74) is 1.54. The van der Waals surface area contributed by atoms with E-state index in [1.54, 1.807) is 11.1 Å². The molecule has 138 valence electrons. The van der Waals surface area contributed by atoms with Gasteiger partial charge in [-0.25, -0.2) is 0 Å². The Morgan fingerprint density at radius 1 is 1.15 bits per heavy atom.